The highest BCUT2D eigenvalue weighted by Crippen LogP contribution is 2.32. The van der Waals surface area contributed by atoms with Gasteiger partial charge in [0.25, 0.3) is 11.8 Å². The summed E-state index contributed by atoms with van der Waals surface area (Å²) in [6.45, 7) is 0.950. The Morgan fingerprint density at radius 2 is 1.54 bits per heavy atom. The van der Waals surface area contributed by atoms with Gasteiger partial charge in [-0.3, -0.25) is 9.59 Å². The second-order valence-corrected chi connectivity index (χ2v) is 9.15. The van der Waals surface area contributed by atoms with E-state index in [0.717, 1.165) is 28.8 Å². The van der Waals surface area contributed by atoms with E-state index in [0.29, 0.717) is 41.9 Å². The van der Waals surface area contributed by atoms with Crippen molar-refractivity contribution in [1.82, 2.24) is 4.90 Å². The summed E-state index contributed by atoms with van der Waals surface area (Å²) >= 11 is 0. The zero-order chi connectivity index (χ0) is 27.4. The van der Waals surface area contributed by atoms with Crippen LogP contribution in [0.2, 0.25) is 0 Å². The summed E-state index contributed by atoms with van der Waals surface area (Å²) in [5.74, 6) is 5.01. The highest BCUT2D eigenvalue weighted by Gasteiger charge is 2.30. The minimum atomic E-state index is -4.43. The third kappa shape index (κ3) is 6.02. The summed E-state index contributed by atoms with van der Waals surface area (Å²) in [5.41, 5.74) is 4.05. The van der Waals surface area contributed by atoms with Crippen LogP contribution in [0.25, 0.3) is 11.1 Å². The molecule has 1 aliphatic heterocycles. The highest BCUT2D eigenvalue weighted by atomic mass is 19.4. The maximum absolute atomic E-state index is 13.2. The van der Waals surface area contributed by atoms with Crippen LogP contribution < -0.4 is 5.32 Å². The molecule has 0 aromatic heterocycles. The van der Waals surface area contributed by atoms with E-state index in [4.69, 9.17) is 0 Å². The molecular formula is C32H23F3N2O2. The summed E-state index contributed by atoms with van der Waals surface area (Å²) in [4.78, 5) is 27.5. The molecule has 0 radical (unpaired) electrons. The number of carbonyl (C=O) groups is 2. The molecule has 0 aliphatic carbocycles. The minimum absolute atomic E-state index is 0.234. The van der Waals surface area contributed by atoms with Crippen LogP contribution in [0.1, 0.15) is 32.6 Å². The first-order chi connectivity index (χ1) is 18.8. The fourth-order valence-corrected chi connectivity index (χ4v) is 4.50. The van der Waals surface area contributed by atoms with Crippen LogP contribution in [-0.4, -0.2) is 23.3 Å². The molecule has 4 aromatic rings. The first-order valence-corrected chi connectivity index (χ1v) is 12.3. The Morgan fingerprint density at radius 1 is 0.821 bits per heavy atom. The molecule has 2 amide bonds. The van der Waals surface area contributed by atoms with Gasteiger partial charge in [0.1, 0.15) is 0 Å². The first-order valence-electron chi connectivity index (χ1n) is 12.3. The van der Waals surface area contributed by atoms with Crippen molar-refractivity contribution >= 4 is 17.5 Å². The normalized spacial score (nSPS) is 12.6. The molecule has 5 rings (SSSR count). The van der Waals surface area contributed by atoms with Gasteiger partial charge in [-0.15, -0.1) is 0 Å². The topological polar surface area (TPSA) is 49.4 Å². The molecule has 0 fully saturated rings. The Hall–Kier alpha value is -4.83. The number of hydrogen-bond donors (Lipinski definition) is 1. The van der Waals surface area contributed by atoms with Gasteiger partial charge in [0.2, 0.25) is 0 Å². The number of amides is 2. The molecule has 39 heavy (non-hydrogen) atoms. The van der Waals surface area contributed by atoms with Crippen LogP contribution in [0.3, 0.4) is 0 Å². The molecule has 7 heteroatoms. The van der Waals surface area contributed by atoms with E-state index in [1.807, 2.05) is 42.5 Å². The third-order valence-corrected chi connectivity index (χ3v) is 6.55. The number of halogens is 3. The zero-order valence-electron chi connectivity index (χ0n) is 20.8. The van der Waals surface area contributed by atoms with E-state index in [-0.39, 0.29) is 11.8 Å². The molecule has 4 nitrogen and oxygen atoms in total. The quantitative estimate of drug-likeness (QED) is 0.309. The van der Waals surface area contributed by atoms with Gasteiger partial charge in [0, 0.05) is 35.8 Å². The number of rotatable bonds is 3. The molecule has 1 aliphatic rings. The molecule has 194 valence electrons. The largest absolute Gasteiger partial charge is 0.416 e. The highest BCUT2D eigenvalue weighted by molar-refractivity contribution is 6.08. The van der Waals surface area contributed by atoms with Crippen molar-refractivity contribution in [2.45, 2.75) is 19.1 Å². The Kier molecular flexibility index (Phi) is 7.20. The summed E-state index contributed by atoms with van der Waals surface area (Å²) < 4.78 is 38.9. The van der Waals surface area contributed by atoms with Crippen molar-refractivity contribution in [3.8, 4) is 23.0 Å². The summed E-state index contributed by atoms with van der Waals surface area (Å²) in [5, 5.41) is 2.90. The van der Waals surface area contributed by atoms with Crippen LogP contribution in [-0.2, 0) is 23.9 Å². The lowest BCUT2D eigenvalue weighted by Gasteiger charge is -2.27. The summed E-state index contributed by atoms with van der Waals surface area (Å²) in [6, 6.07) is 26.4. The average Bonchev–Trinajstić information content (AvgIpc) is 2.95. The van der Waals surface area contributed by atoms with Crippen molar-refractivity contribution in [3.63, 3.8) is 0 Å². The van der Waals surface area contributed by atoms with E-state index < -0.39 is 11.7 Å². The molecular weight excluding hydrogens is 501 g/mol. The van der Waals surface area contributed by atoms with E-state index in [2.05, 4.69) is 17.2 Å². The monoisotopic (exact) mass is 524 g/mol. The third-order valence-electron chi connectivity index (χ3n) is 6.55. The lowest BCUT2D eigenvalue weighted by atomic mass is 9.97. The zero-order valence-corrected chi connectivity index (χ0v) is 20.8. The van der Waals surface area contributed by atoms with Gasteiger partial charge < -0.3 is 10.2 Å². The number of carbonyl (C=O) groups excluding carboxylic acids is 2. The molecule has 0 bridgehead atoms. The molecule has 0 saturated carbocycles. The van der Waals surface area contributed by atoms with Crippen LogP contribution in [0, 0.1) is 11.8 Å². The number of benzene rings is 4. The van der Waals surface area contributed by atoms with Crippen molar-refractivity contribution < 1.29 is 22.8 Å². The molecule has 0 spiro atoms. The molecule has 1 heterocycles. The van der Waals surface area contributed by atoms with Crippen LogP contribution >= 0.6 is 0 Å². The number of nitrogens with one attached hydrogen (secondary N) is 1. The predicted octanol–water partition coefficient (Wildman–Crippen LogP) is 6.56. The maximum Gasteiger partial charge on any atom is 0.416 e. The second kappa shape index (κ2) is 10.9. The summed E-state index contributed by atoms with van der Waals surface area (Å²) in [7, 11) is 0. The lowest BCUT2D eigenvalue weighted by molar-refractivity contribution is -0.137. The van der Waals surface area contributed by atoms with Gasteiger partial charge >= 0.3 is 6.18 Å². The summed E-state index contributed by atoms with van der Waals surface area (Å²) in [6.07, 6.45) is -3.80. The smallest absolute Gasteiger partial charge is 0.327 e. The maximum atomic E-state index is 13.2. The van der Waals surface area contributed by atoms with E-state index in [9.17, 15) is 22.8 Å². The van der Waals surface area contributed by atoms with Gasteiger partial charge in [-0.05, 0) is 71.1 Å². The number of alkyl halides is 3. The van der Waals surface area contributed by atoms with Crippen LogP contribution in [0.4, 0.5) is 18.9 Å². The molecule has 0 unspecified atom stereocenters. The number of anilines is 1. The van der Waals surface area contributed by atoms with E-state index >= 15 is 0 Å². The van der Waals surface area contributed by atoms with Crippen molar-refractivity contribution in [1.29, 1.82) is 0 Å². The fourth-order valence-electron chi connectivity index (χ4n) is 4.50. The Labute approximate surface area is 224 Å². The lowest BCUT2D eigenvalue weighted by Crippen LogP contribution is -2.35. The van der Waals surface area contributed by atoms with Gasteiger partial charge in [-0.1, -0.05) is 60.5 Å². The Morgan fingerprint density at radius 3 is 2.28 bits per heavy atom. The molecule has 0 atom stereocenters. The molecule has 1 N–H and O–H groups in total. The SMILES string of the molecule is O=C(Nc1ccc2c(c1)CCN(C(=O)C#Cc1ccccc1)C2)c1ccccc1-c1ccc(C(F)(F)F)cc1. The van der Waals surface area contributed by atoms with Crippen molar-refractivity contribution in [2.24, 2.45) is 0 Å². The fraction of sp³-hybridized carbons (Fsp3) is 0.125. The number of fused-ring (bicyclic) bond motifs is 1. The Balaban J connectivity index is 1.28. The van der Waals surface area contributed by atoms with Crippen LogP contribution in [0.15, 0.2) is 97.1 Å². The molecule has 0 saturated heterocycles. The van der Waals surface area contributed by atoms with Crippen molar-refractivity contribution in [3.05, 3.63) is 125 Å². The van der Waals surface area contributed by atoms with Crippen LogP contribution in [0.5, 0.6) is 0 Å². The standard InChI is InChI=1S/C32H23F3N2O2/c33-32(34,35)26-14-11-23(12-15-26)28-8-4-5-9-29(28)31(39)36-27-16-13-25-21-37(19-18-24(25)20-27)30(38)17-10-22-6-2-1-3-7-22/h1-9,11-16,20H,18-19,21H2,(H,36,39). The second-order valence-electron chi connectivity index (χ2n) is 9.15. The van der Waals surface area contributed by atoms with Gasteiger partial charge in [-0.2, -0.15) is 13.2 Å². The predicted molar refractivity (Wildman–Crippen MR) is 144 cm³/mol. The van der Waals surface area contributed by atoms with E-state index in [1.54, 1.807) is 35.2 Å². The average molecular weight is 525 g/mol. The Bertz CT molecular complexity index is 1580. The van der Waals surface area contributed by atoms with E-state index in [1.165, 1.54) is 12.1 Å². The van der Waals surface area contributed by atoms with Gasteiger partial charge in [-0.25, -0.2) is 0 Å². The molecule has 4 aromatic carbocycles. The first kappa shape index (κ1) is 25.8. The number of hydrogen-bond acceptors (Lipinski definition) is 2. The van der Waals surface area contributed by atoms with Crippen molar-refractivity contribution in [2.75, 3.05) is 11.9 Å². The number of nitrogens with zero attached hydrogens (tertiary/aromatic N) is 1. The van der Waals surface area contributed by atoms with Gasteiger partial charge in [0.15, 0.2) is 0 Å². The minimum Gasteiger partial charge on any atom is -0.327 e. The van der Waals surface area contributed by atoms with Gasteiger partial charge in [0.05, 0.1) is 5.56 Å².